The first-order chi connectivity index (χ1) is 8.27. The summed E-state index contributed by atoms with van der Waals surface area (Å²) in [6.45, 7) is 3.83. The molecule has 0 aromatic rings. The Kier molecular flexibility index (Phi) is 12.8. The summed E-state index contributed by atoms with van der Waals surface area (Å²) in [6, 6.07) is 0. The van der Waals surface area contributed by atoms with E-state index < -0.39 is 5.91 Å². The standard InChI is InChI=1S/C10H22N2O5/c11-1-2-14-3-4-15-5-6-16-7-8-17-9-10(12)13/h1-9,11H2,(H2,12,13). The van der Waals surface area contributed by atoms with Crippen molar-refractivity contribution in [3.05, 3.63) is 0 Å². The van der Waals surface area contributed by atoms with Gasteiger partial charge in [0.15, 0.2) is 0 Å². The maximum Gasteiger partial charge on any atom is 0.243 e. The van der Waals surface area contributed by atoms with Gasteiger partial charge in [0, 0.05) is 6.54 Å². The Balaban J connectivity index is 2.91. The fourth-order valence-electron chi connectivity index (χ4n) is 0.916. The summed E-state index contributed by atoms with van der Waals surface area (Å²) in [7, 11) is 0. The number of ether oxygens (including phenoxy) is 4. The van der Waals surface area contributed by atoms with Crippen LogP contribution in [0, 0.1) is 0 Å². The van der Waals surface area contributed by atoms with Gasteiger partial charge in [0.05, 0.1) is 46.2 Å². The van der Waals surface area contributed by atoms with E-state index in [1.165, 1.54) is 0 Å². The quantitative estimate of drug-likeness (QED) is 0.385. The van der Waals surface area contributed by atoms with E-state index in [4.69, 9.17) is 30.4 Å². The lowest BCUT2D eigenvalue weighted by Crippen LogP contribution is -2.20. The number of nitrogens with two attached hydrogens (primary N) is 2. The van der Waals surface area contributed by atoms with Crippen molar-refractivity contribution in [1.82, 2.24) is 0 Å². The molecule has 0 spiro atoms. The van der Waals surface area contributed by atoms with Gasteiger partial charge in [0.1, 0.15) is 6.61 Å². The summed E-state index contributed by atoms with van der Waals surface area (Å²) in [5, 5.41) is 0. The minimum atomic E-state index is -0.481. The van der Waals surface area contributed by atoms with Crippen LogP contribution in [-0.2, 0) is 23.7 Å². The molecule has 0 aromatic heterocycles. The molecule has 0 bridgehead atoms. The summed E-state index contributed by atoms with van der Waals surface area (Å²) in [6.07, 6.45) is 0. The van der Waals surface area contributed by atoms with E-state index in [0.717, 1.165) is 0 Å². The van der Waals surface area contributed by atoms with Crippen LogP contribution in [0.15, 0.2) is 0 Å². The van der Waals surface area contributed by atoms with E-state index in [1.54, 1.807) is 0 Å². The summed E-state index contributed by atoms with van der Waals surface area (Å²) >= 11 is 0. The molecule has 0 aromatic carbocycles. The highest BCUT2D eigenvalue weighted by Crippen LogP contribution is 1.82. The van der Waals surface area contributed by atoms with Crippen LogP contribution in [0.1, 0.15) is 0 Å². The van der Waals surface area contributed by atoms with Crippen molar-refractivity contribution in [2.24, 2.45) is 11.5 Å². The predicted molar refractivity (Wildman–Crippen MR) is 61.5 cm³/mol. The maximum absolute atomic E-state index is 10.3. The van der Waals surface area contributed by atoms with Gasteiger partial charge in [-0.3, -0.25) is 4.79 Å². The van der Waals surface area contributed by atoms with E-state index in [-0.39, 0.29) is 6.61 Å². The Morgan fingerprint density at radius 2 is 1.18 bits per heavy atom. The van der Waals surface area contributed by atoms with Crippen LogP contribution < -0.4 is 11.5 Å². The summed E-state index contributed by atoms with van der Waals surface area (Å²) in [4.78, 5) is 10.3. The van der Waals surface area contributed by atoms with E-state index in [1.807, 2.05) is 0 Å². The number of amides is 1. The van der Waals surface area contributed by atoms with Gasteiger partial charge in [-0.1, -0.05) is 0 Å². The summed E-state index contributed by atoms with van der Waals surface area (Å²) in [5.41, 5.74) is 10.1. The first-order valence-corrected chi connectivity index (χ1v) is 5.56. The summed E-state index contributed by atoms with van der Waals surface area (Å²) < 4.78 is 20.4. The highest BCUT2D eigenvalue weighted by molar-refractivity contribution is 5.74. The number of carbonyl (C=O) groups excluding carboxylic acids is 1. The van der Waals surface area contributed by atoms with Gasteiger partial charge >= 0.3 is 0 Å². The lowest BCUT2D eigenvalue weighted by Gasteiger charge is -2.06. The van der Waals surface area contributed by atoms with Gasteiger partial charge in [0.2, 0.25) is 5.91 Å². The van der Waals surface area contributed by atoms with Crippen LogP contribution in [0.3, 0.4) is 0 Å². The Hall–Kier alpha value is -0.730. The molecular formula is C10H22N2O5. The Morgan fingerprint density at radius 1 is 0.765 bits per heavy atom. The zero-order valence-electron chi connectivity index (χ0n) is 10.1. The predicted octanol–water partition coefficient (Wildman–Crippen LogP) is -1.50. The molecular weight excluding hydrogens is 228 g/mol. The molecule has 0 radical (unpaired) electrons. The van der Waals surface area contributed by atoms with E-state index in [0.29, 0.717) is 52.8 Å². The lowest BCUT2D eigenvalue weighted by atomic mass is 10.6. The molecule has 7 heteroatoms. The summed E-state index contributed by atoms with van der Waals surface area (Å²) in [5.74, 6) is -0.481. The number of hydrogen-bond acceptors (Lipinski definition) is 6. The minimum absolute atomic E-state index is 0.0711. The smallest absolute Gasteiger partial charge is 0.243 e. The third kappa shape index (κ3) is 15.3. The molecule has 0 aliphatic rings. The molecule has 0 aliphatic carbocycles. The third-order valence-corrected chi connectivity index (χ3v) is 1.62. The van der Waals surface area contributed by atoms with Gasteiger partial charge in [0.25, 0.3) is 0 Å². The topological polar surface area (TPSA) is 106 Å². The highest BCUT2D eigenvalue weighted by atomic mass is 16.6. The third-order valence-electron chi connectivity index (χ3n) is 1.62. The largest absolute Gasteiger partial charge is 0.378 e. The Morgan fingerprint density at radius 3 is 1.59 bits per heavy atom. The number of rotatable bonds is 13. The van der Waals surface area contributed by atoms with Crippen LogP contribution in [0.5, 0.6) is 0 Å². The van der Waals surface area contributed by atoms with Crippen molar-refractivity contribution < 1.29 is 23.7 Å². The molecule has 0 atom stereocenters. The lowest BCUT2D eigenvalue weighted by molar-refractivity contribution is -0.123. The van der Waals surface area contributed by atoms with Crippen molar-refractivity contribution in [2.45, 2.75) is 0 Å². The van der Waals surface area contributed by atoms with Crippen molar-refractivity contribution in [3.8, 4) is 0 Å². The highest BCUT2D eigenvalue weighted by Gasteiger charge is 1.94. The molecule has 17 heavy (non-hydrogen) atoms. The number of carbonyl (C=O) groups is 1. The molecule has 102 valence electrons. The molecule has 0 saturated heterocycles. The first kappa shape index (κ1) is 16.3. The van der Waals surface area contributed by atoms with Gasteiger partial charge in [-0.05, 0) is 0 Å². The average Bonchev–Trinajstić information content (AvgIpc) is 2.30. The number of primary amides is 1. The molecule has 0 rings (SSSR count). The fraction of sp³-hybridized carbons (Fsp3) is 0.900. The second-order valence-electron chi connectivity index (χ2n) is 3.14. The van der Waals surface area contributed by atoms with Crippen molar-refractivity contribution >= 4 is 5.91 Å². The van der Waals surface area contributed by atoms with E-state index in [9.17, 15) is 4.79 Å². The molecule has 0 unspecified atom stereocenters. The molecule has 0 saturated carbocycles. The van der Waals surface area contributed by atoms with Crippen LogP contribution in [-0.4, -0.2) is 65.3 Å². The average molecular weight is 250 g/mol. The molecule has 0 fully saturated rings. The fourth-order valence-corrected chi connectivity index (χ4v) is 0.916. The van der Waals surface area contributed by atoms with Gasteiger partial charge in [-0.15, -0.1) is 0 Å². The zero-order chi connectivity index (χ0) is 12.8. The van der Waals surface area contributed by atoms with E-state index in [2.05, 4.69) is 0 Å². The maximum atomic E-state index is 10.3. The van der Waals surface area contributed by atoms with Gasteiger partial charge in [-0.2, -0.15) is 0 Å². The Bertz CT molecular complexity index is 180. The Labute approximate surface area is 101 Å². The normalized spacial score (nSPS) is 10.6. The second-order valence-corrected chi connectivity index (χ2v) is 3.14. The van der Waals surface area contributed by atoms with Crippen LogP contribution in [0.4, 0.5) is 0 Å². The minimum Gasteiger partial charge on any atom is -0.378 e. The van der Waals surface area contributed by atoms with Crippen LogP contribution in [0.25, 0.3) is 0 Å². The second kappa shape index (κ2) is 13.3. The molecule has 7 nitrogen and oxygen atoms in total. The van der Waals surface area contributed by atoms with Gasteiger partial charge in [-0.25, -0.2) is 0 Å². The van der Waals surface area contributed by atoms with Crippen LogP contribution >= 0.6 is 0 Å². The molecule has 0 aliphatic heterocycles. The first-order valence-electron chi connectivity index (χ1n) is 5.56. The molecule has 1 amide bonds. The van der Waals surface area contributed by atoms with Crippen molar-refractivity contribution in [3.63, 3.8) is 0 Å². The van der Waals surface area contributed by atoms with Crippen LogP contribution in [0.2, 0.25) is 0 Å². The molecule has 0 heterocycles. The monoisotopic (exact) mass is 250 g/mol. The van der Waals surface area contributed by atoms with Crippen molar-refractivity contribution in [1.29, 1.82) is 0 Å². The van der Waals surface area contributed by atoms with Gasteiger partial charge < -0.3 is 30.4 Å². The molecule has 4 N–H and O–H groups in total. The van der Waals surface area contributed by atoms with E-state index >= 15 is 0 Å². The zero-order valence-corrected chi connectivity index (χ0v) is 10.1. The van der Waals surface area contributed by atoms with Crippen molar-refractivity contribution in [2.75, 3.05) is 59.4 Å². The number of hydrogen-bond donors (Lipinski definition) is 2. The SMILES string of the molecule is NCCOCCOCCOCCOCC(N)=O.